The van der Waals surface area contributed by atoms with Gasteiger partial charge in [-0.05, 0) is 25.3 Å². The normalized spacial score (nSPS) is 19.1. The van der Waals surface area contributed by atoms with E-state index in [1.165, 1.54) is 38.5 Å². The average molecular weight is 199 g/mol. The number of aliphatic carboxylic acids is 1. The molecule has 1 fully saturated rings. The molecule has 0 bridgehead atoms. The van der Waals surface area contributed by atoms with Gasteiger partial charge in [-0.25, -0.2) is 0 Å². The number of nitrogens with one attached hydrogen (secondary N) is 1. The number of rotatable bonds is 5. The topological polar surface area (TPSA) is 49.3 Å². The Morgan fingerprint density at radius 3 is 2.43 bits per heavy atom. The fourth-order valence-corrected chi connectivity index (χ4v) is 2.07. The molecule has 0 aliphatic heterocycles. The van der Waals surface area contributed by atoms with E-state index < -0.39 is 5.97 Å². The van der Waals surface area contributed by atoms with E-state index in [4.69, 9.17) is 5.11 Å². The van der Waals surface area contributed by atoms with Gasteiger partial charge in [0.15, 0.2) is 0 Å². The predicted octanol–water partition coefficient (Wildman–Crippen LogP) is 2.02. The van der Waals surface area contributed by atoms with E-state index in [-0.39, 0.29) is 6.42 Å². The van der Waals surface area contributed by atoms with E-state index in [0.29, 0.717) is 6.54 Å². The zero-order valence-electron chi connectivity index (χ0n) is 8.80. The largest absolute Gasteiger partial charge is 0.481 e. The van der Waals surface area contributed by atoms with Gasteiger partial charge in [-0.3, -0.25) is 4.79 Å². The molecule has 0 saturated heterocycles. The second-order valence-corrected chi connectivity index (χ2v) is 4.21. The molecule has 82 valence electrons. The van der Waals surface area contributed by atoms with Crippen molar-refractivity contribution in [1.82, 2.24) is 5.32 Å². The quantitative estimate of drug-likeness (QED) is 0.526. The molecule has 1 aliphatic carbocycles. The Morgan fingerprint density at radius 1 is 1.21 bits per heavy atom. The SMILES string of the molecule is O=C(O)CCNCC1CCCCCC1. The summed E-state index contributed by atoms with van der Waals surface area (Å²) in [5.74, 6) is 0.0738. The lowest BCUT2D eigenvalue weighted by molar-refractivity contribution is -0.136. The maximum atomic E-state index is 10.3. The molecule has 14 heavy (non-hydrogen) atoms. The third kappa shape index (κ3) is 5.22. The number of hydrogen-bond acceptors (Lipinski definition) is 2. The molecule has 0 aromatic rings. The van der Waals surface area contributed by atoms with Gasteiger partial charge in [0.05, 0.1) is 6.42 Å². The maximum Gasteiger partial charge on any atom is 0.304 e. The van der Waals surface area contributed by atoms with E-state index in [1.807, 2.05) is 0 Å². The molecule has 0 radical (unpaired) electrons. The molecule has 3 nitrogen and oxygen atoms in total. The average Bonchev–Trinajstić information content (AvgIpc) is 2.40. The molecule has 1 saturated carbocycles. The first-order chi connectivity index (χ1) is 6.79. The third-order valence-electron chi connectivity index (χ3n) is 2.92. The van der Waals surface area contributed by atoms with Gasteiger partial charge in [-0.2, -0.15) is 0 Å². The van der Waals surface area contributed by atoms with Crippen molar-refractivity contribution < 1.29 is 9.90 Å². The number of carboxylic acid groups (broad SMARTS) is 1. The minimum Gasteiger partial charge on any atom is -0.481 e. The van der Waals surface area contributed by atoms with Gasteiger partial charge < -0.3 is 10.4 Å². The minimum atomic E-state index is -0.710. The maximum absolute atomic E-state index is 10.3. The standard InChI is InChI=1S/C11H21NO2/c13-11(14)7-8-12-9-10-5-3-1-2-4-6-10/h10,12H,1-9H2,(H,13,14). The zero-order chi connectivity index (χ0) is 10.2. The summed E-state index contributed by atoms with van der Waals surface area (Å²) in [5.41, 5.74) is 0. The highest BCUT2D eigenvalue weighted by Crippen LogP contribution is 2.21. The van der Waals surface area contributed by atoms with Crippen molar-refractivity contribution in [2.24, 2.45) is 5.92 Å². The van der Waals surface area contributed by atoms with Crippen molar-refractivity contribution in [3.05, 3.63) is 0 Å². The van der Waals surface area contributed by atoms with Crippen LogP contribution in [0.2, 0.25) is 0 Å². The van der Waals surface area contributed by atoms with E-state index in [0.717, 1.165) is 12.5 Å². The van der Waals surface area contributed by atoms with E-state index >= 15 is 0 Å². The molecule has 0 unspecified atom stereocenters. The van der Waals surface area contributed by atoms with Crippen LogP contribution in [0.5, 0.6) is 0 Å². The van der Waals surface area contributed by atoms with Gasteiger partial charge in [-0.1, -0.05) is 25.7 Å². The summed E-state index contributed by atoms with van der Waals surface area (Å²) in [6, 6.07) is 0. The van der Waals surface area contributed by atoms with Gasteiger partial charge in [0.25, 0.3) is 0 Å². The van der Waals surface area contributed by atoms with Gasteiger partial charge in [0.2, 0.25) is 0 Å². The van der Waals surface area contributed by atoms with Crippen LogP contribution in [0.4, 0.5) is 0 Å². The van der Waals surface area contributed by atoms with E-state index in [9.17, 15) is 4.79 Å². The Kier molecular flexibility index (Phi) is 5.60. The van der Waals surface area contributed by atoms with Crippen LogP contribution >= 0.6 is 0 Å². The molecule has 0 atom stereocenters. The Bertz CT molecular complexity index is 163. The summed E-state index contributed by atoms with van der Waals surface area (Å²) in [6.45, 7) is 1.62. The lowest BCUT2D eigenvalue weighted by atomic mass is 10.0. The van der Waals surface area contributed by atoms with Crippen LogP contribution in [0, 0.1) is 5.92 Å². The molecule has 0 aromatic carbocycles. The minimum absolute atomic E-state index is 0.243. The fraction of sp³-hybridized carbons (Fsp3) is 0.909. The number of carboxylic acids is 1. The summed E-state index contributed by atoms with van der Waals surface area (Å²) in [7, 11) is 0. The van der Waals surface area contributed by atoms with E-state index in [2.05, 4.69) is 5.32 Å². The highest BCUT2D eigenvalue weighted by atomic mass is 16.4. The molecular formula is C11H21NO2. The zero-order valence-corrected chi connectivity index (χ0v) is 8.80. The molecule has 3 heteroatoms. The molecule has 0 amide bonds. The Morgan fingerprint density at radius 2 is 1.86 bits per heavy atom. The first-order valence-electron chi connectivity index (χ1n) is 5.71. The second kappa shape index (κ2) is 6.82. The lowest BCUT2D eigenvalue weighted by Crippen LogP contribution is -2.25. The summed E-state index contributed by atoms with van der Waals surface area (Å²) >= 11 is 0. The third-order valence-corrected chi connectivity index (χ3v) is 2.92. The van der Waals surface area contributed by atoms with Crippen molar-refractivity contribution >= 4 is 5.97 Å². The molecule has 0 spiro atoms. The highest BCUT2D eigenvalue weighted by molar-refractivity contribution is 5.66. The van der Waals surface area contributed by atoms with Crippen LogP contribution in [-0.2, 0) is 4.79 Å². The van der Waals surface area contributed by atoms with Gasteiger partial charge in [0.1, 0.15) is 0 Å². The lowest BCUT2D eigenvalue weighted by Gasteiger charge is -2.13. The number of hydrogen-bond donors (Lipinski definition) is 2. The van der Waals surface area contributed by atoms with Gasteiger partial charge >= 0.3 is 5.97 Å². The fourth-order valence-electron chi connectivity index (χ4n) is 2.07. The Balaban J connectivity index is 2.01. The van der Waals surface area contributed by atoms with Crippen LogP contribution in [0.15, 0.2) is 0 Å². The smallest absolute Gasteiger partial charge is 0.304 e. The number of carbonyl (C=O) groups is 1. The summed E-state index contributed by atoms with van der Waals surface area (Å²) in [4.78, 5) is 10.3. The van der Waals surface area contributed by atoms with Crippen molar-refractivity contribution in [2.45, 2.75) is 44.9 Å². The molecule has 0 heterocycles. The van der Waals surface area contributed by atoms with Crippen LogP contribution in [0.1, 0.15) is 44.9 Å². The first-order valence-corrected chi connectivity index (χ1v) is 5.71. The van der Waals surface area contributed by atoms with Crippen molar-refractivity contribution in [3.8, 4) is 0 Å². The molecule has 1 aliphatic rings. The molecule has 1 rings (SSSR count). The van der Waals surface area contributed by atoms with Crippen LogP contribution < -0.4 is 5.32 Å². The van der Waals surface area contributed by atoms with Crippen molar-refractivity contribution in [3.63, 3.8) is 0 Å². The summed E-state index contributed by atoms with van der Waals surface area (Å²) in [6.07, 6.45) is 8.35. The second-order valence-electron chi connectivity index (χ2n) is 4.21. The van der Waals surface area contributed by atoms with Gasteiger partial charge in [0, 0.05) is 6.54 Å². The van der Waals surface area contributed by atoms with Crippen molar-refractivity contribution in [2.75, 3.05) is 13.1 Å². The summed E-state index contributed by atoms with van der Waals surface area (Å²) < 4.78 is 0. The Hall–Kier alpha value is -0.570. The summed E-state index contributed by atoms with van der Waals surface area (Å²) in [5, 5.41) is 11.7. The molecular weight excluding hydrogens is 178 g/mol. The molecule has 2 N–H and O–H groups in total. The van der Waals surface area contributed by atoms with Crippen molar-refractivity contribution in [1.29, 1.82) is 0 Å². The van der Waals surface area contributed by atoms with Crippen LogP contribution in [0.3, 0.4) is 0 Å². The molecule has 0 aromatic heterocycles. The predicted molar refractivity (Wildman–Crippen MR) is 56.3 cm³/mol. The van der Waals surface area contributed by atoms with E-state index in [1.54, 1.807) is 0 Å². The van der Waals surface area contributed by atoms with Crippen LogP contribution in [0.25, 0.3) is 0 Å². The van der Waals surface area contributed by atoms with Gasteiger partial charge in [-0.15, -0.1) is 0 Å². The Labute approximate surface area is 85.9 Å². The first kappa shape index (κ1) is 11.5. The van der Waals surface area contributed by atoms with Crippen LogP contribution in [-0.4, -0.2) is 24.2 Å². The monoisotopic (exact) mass is 199 g/mol. The highest BCUT2D eigenvalue weighted by Gasteiger charge is 2.11.